The predicted octanol–water partition coefficient (Wildman–Crippen LogP) is 3.77. The summed E-state index contributed by atoms with van der Waals surface area (Å²) in [5.41, 5.74) is 1.64. The Morgan fingerprint density at radius 3 is 2.86 bits per heavy atom. The van der Waals surface area contributed by atoms with Crippen LogP contribution in [0.3, 0.4) is 0 Å². The van der Waals surface area contributed by atoms with Crippen molar-refractivity contribution < 1.29 is 13.7 Å². The summed E-state index contributed by atoms with van der Waals surface area (Å²) >= 11 is 1.36. The summed E-state index contributed by atoms with van der Waals surface area (Å²) in [6, 6.07) is 5.55. The van der Waals surface area contributed by atoms with Gasteiger partial charge in [0.2, 0.25) is 0 Å². The molecule has 4 heterocycles. The van der Waals surface area contributed by atoms with Crippen molar-refractivity contribution in [3.63, 3.8) is 0 Å². The van der Waals surface area contributed by atoms with Crippen LogP contribution in [0.15, 0.2) is 39.7 Å². The number of hydrogen-bond donors (Lipinski definition) is 1. The smallest absolute Gasteiger partial charge is 0.264 e. The minimum atomic E-state index is -0.0912. The standard InChI is InChI=1S/C19H19N5O3S/c1-11-7-14(27-23-11)9-24(3)19(25)16-12(2)15-17(21-10-22-18(15)28-16)20-8-13-5-4-6-26-13/h4-7,10H,8-9H2,1-3H3,(H,20,21,22). The highest BCUT2D eigenvalue weighted by atomic mass is 32.1. The molecule has 1 amide bonds. The zero-order valence-electron chi connectivity index (χ0n) is 15.7. The number of aryl methyl sites for hydroxylation is 2. The highest BCUT2D eigenvalue weighted by Gasteiger charge is 2.22. The minimum absolute atomic E-state index is 0.0912. The summed E-state index contributed by atoms with van der Waals surface area (Å²) in [5, 5.41) is 7.98. The van der Waals surface area contributed by atoms with E-state index in [4.69, 9.17) is 8.94 Å². The Bertz CT molecular complexity index is 1120. The van der Waals surface area contributed by atoms with Gasteiger partial charge in [0.05, 0.1) is 35.3 Å². The van der Waals surface area contributed by atoms with Gasteiger partial charge in [-0.15, -0.1) is 11.3 Å². The molecule has 4 aromatic heterocycles. The van der Waals surface area contributed by atoms with Crippen LogP contribution in [0.25, 0.3) is 10.2 Å². The van der Waals surface area contributed by atoms with E-state index in [1.165, 1.54) is 17.7 Å². The molecule has 0 unspecified atom stereocenters. The third kappa shape index (κ3) is 3.48. The van der Waals surface area contributed by atoms with Crippen molar-refractivity contribution in [1.29, 1.82) is 0 Å². The van der Waals surface area contributed by atoms with E-state index in [9.17, 15) is 4.79 Å². The quantitative estimate of drug-likeness (QED) is 0.529. The van der Waals surface area contributed by atoms with Gasteiger partial charge in [0.1, 0.15) is 22.7 Å². The number of thiophene rings is 1. The van der Waals surface area contributed by atoms with Crippen LogP contribution in [0.1, 0.15) is 32.4 Å². The molecule has 0 atom stereocenters. The van der Waals surface area contributed by atoms with Gasteiger partial charge < -0.3 is 19.2 Å². The molecule has 4 aromatic rings. The van der Waals surface area contributed by atoms with Crippen molar-refractivity contribution in [3.05, 3.63) is 58.4 Å². The van der Waals surface area contributed by atoms with Crippen LogP contribution in [0.4, 0.5) is 5.82 Å². The Morgan fingerprint density at radius 1 is 1.29 bits per heavy atom. The largest absolute Gasteiger partial charge is 0.467 e. The lowest BCUT2D eigenvalue weighted by molar-refractivity contribution is 0.0776. The molecule has 0 saturated heterocycles. The summed E-state index contributed by atoms with van der Waals surface area (Å²) in [5.74, 6) is 2.04. The Balaban J connectivity index is 1.59. The number of nitrogens with zero attached hydrogens (tertiary/aromatic N) is 4. The third-order valence-corrected chi connectivity index (χ3v) is 5.54. The number of furan rings is 1. The summed E-state index contributed by atoms with van der Waals surface area (Å²) in [6.45, 7) is 4.62. The predicted molar refractivity (Wildman–Crippen MR) is 105 cm³/mol. The number of carbonyl (C=O) groups is 1. The number of aromatic nitrogens is 3. The monoisotopic (exact) mass is 397 g/mol. The zero-order chi connectivity index (χ0) is 19.7. The molecule has 0 aliphatic carbocycles. The highest BCUT2D eigenvalue weighted by molar-refractivity contribution is 7.20. The van der Waals surface area contributed by atoms with Gasteiger partial charge in [-0.25, -0.2) is 9.97 Å². The van der Waals surface area contributed by atoms with Crippen LogP contribution >= 0.6 is 11.3 Å². The third-order valence-electron chi connectivity index (χ3n) is 4.35. The lowest BCUT2D eigenvalue weighted by Crippen LogP contribution is -2.25. The fraction of sp³-hybridized carbons (Fsp3) is 0.263. The highest BCUT2D eigenvalue weighted by Crippen LogP contribution is 2.34. The van der Waals surface area contributed by atoms with E-state index < -0.39 is 0 Å². The van der Waals surface area contributed by atoms with E-state index in [1.54, 1.807) is 18.2 Å². The van der Waals surface area contributed by atoms with E-state index >= 15 is 0 Å². The summed E-state index contributed by atoms with van der Waals surface area (Å²) in [6.07, 6.45) is 3.13. The number of carbonyl (C=O) groups excluding carboxylic acids is 1. The molecule has 28 heavy (non-hydrogen) atoms. The second-order valence-electron chi connectivity index (χ2n) is 6.49. The van der Waals surface area contributed by atoms with Gasteiger partial charge >= 0.3 is 0 Å². The summed E-state index contributed by atoms with van der Waals surface area (Å²) in [4.78, 5) is 24.7. The molecule has 0 aromatic carbocycles. The molecule has 1 N–H and O–H groups in total. The maximum absolute atomic E-state index is 13.0. The van der Waals surface area contributed by atoms with Crippen molar-refractivity contribution in [2.24, 2.45) is 0 Å². The molecular formula is C19H19N5O3S. The van der Waals surface area contributed by atoms with Crippen molar-refractivity contribution in [2.45, 2.75) is 26.9 Å². The lowest BCUT2D eigenvalue weighted by Gasteiger charge is -2.14. The topological polar surface area (TPSA) is 97.3 Å². The summed E-state index contributed by atoms with van der Waals surface area (Å²) in [7, 11) is 1.74. The van der Waals surface area contributed by atoms with Crippen molar-refractivity contribution >= 4 is 33.3 Å². The van der Waals surface area contributed by atoms with Crippen molar-refractivity contribution in [1.82, 2.24) is 20.0 Å². The molecule has 0 radical (unpaired) electrons. The Kier molecular flexibility index (Phi) is 4.82. The van der Waals surface area contributed by atoms with Crippen LogP contribution in [0.5, 0.6) is 0 Å². The van der Waals surface area contributed by atoms with Crippen LogP contribution < -0.4 is 5.32 Å². The van der Waals surface area contributed by atoms with Crippen LogP contribution in [-0.4, -0.2) is 33.0 Å². The van der Waals surface area contributed by atoms with E-state index in [0.29, 0.717) is 29.5 Å². The lowest BCUT2D eigenvalue weighted by atomic mass is 10.2. The maximum atomic E-state index is 13.0. The van der Waals surface area contributed by atoms with Crippen molar-refractivity contribution in [3.8, 4) is 0 Å². The minimum Gasteiger partial charge on any atom is -0.467 e. The number of hydrogen-bond acceptors (Lipinski definition) is 8. The number of amides is 1. The van der Waals surface area contributed by atoms with Gasteiger partial charge in [0.25, 0.3) is 5.91 Å². The SMILES string of the molecule is Cc1cc(CN(C)C(=O)c2sc3ncnc(NCc4ccco4)c3c2C)on1. The van der Waals surface area contributed by atoms with Gasteiger partial charge in [-0.1, -0.05) is 5.16 Å². The molecular weight excluding hydrogens is 378 g/mol. The molecule has 0 fully saturated rings. The Labute approximate surface area is 165 Å². The van der Waals surface area contributed by atoms with Crippen LogP contribution in [0, 0.1) is 13.8 Å². The average molecular weight is 397 g/mol. The Morgan fingerprint density at radius 2 is 2.14 bits per heavy atom. The van der Waals surface area contributed by atoms with Gasteiger partial charge in [0.15, 0.2) is 5.76 Å². The number of nitrogens with one attached hydrogen (secondary N) is 1. The Hall–Kier alpha value is -3.20. The van der Waals surface area contributed by atoms with E-state index in [2.05, 4.69) is 20.4 Å². The molecule has 0 aliphatic rings. The number of anilines is 1. The van der Waals surface area contributed by atoms with Gasteiger partial charge in [-0.2, -0.15) is 0 Å². The molecule has 0 aliphatic heterocycles. The first-order valence-electron chi connectivity index (χ1n) is 8.71. The summed E-state index contributed by atoms with van der Waals surface area (Å²) < 4.78 is 10.6. The van der Waals surface area contributed by atoms with Crippen molar-refractivity contribution in [2.75, 3.05) is 12.4 Å². The number of fused-ring (bicyclic) bond motifs is 1. The molecule has 0 bridgehead atoms. The average Bonchev–Trinajstić information content (AvgIpc) is 3.41. The van der Waals surface area contributed by atoms with Gasteiger partial charge in [0, 0.05) is 13.1 Å². The molecule has 9 heteroatoms. The molecule has 0 spiro atoms. The fourth-order valence-corrected chi connectivity index (χ4v) is 4.11. The molecule has 144 valence electrons. The van der Waals surface area contributed by atoms with Crippen LogP contribution in [-0.2, 0) is 13.1 Å². The number of rotatable bonds is 6. The van der Waals surface area contributed by atoms with Gasteiger partial charge in [-0.3, -0.25) is 4.79 Å². The molecule has 8 nitrogen and oxygen atoms in total. The maximum Gasteiger partial charge on any atom is 0.264 e. The van der Waals surface area contributed by atoms with E-state index in [-0.39, 0.29) is 5.91 Å². The first-order valence-corrected chi connectivity index (χ1v) is 9.52. The van der Waals surface area contributed by atoms with E-state index in [0.717, 1.165) is 27.2 Å². The zero-order valence-corrected chi connectivity index (χ0v) is 16.5. The second-order valence-corrected chi connectivity index (χ2v) is 7.49. The normalized spacial score (nSPS) is 11.1. The molecule has 0 saturated carbocycles. The molecule has 4 rings (SSSR count). The first kappa shape index (κ1) is 18.2. The second kappa shape index (κ2) is 7.43. The van der Waals surface area contributed by atoms with Crippen LogP contribution in [0.2, 0.25) is 0 Å². The van der Waals surface area contributed by atoms with Gasteiger partial charge in [-0.05, 0) is 31.5 Å². The fourth-order valence-electron chi connectivity index (χ4n) is 2.96. The van der Waals surface area contributed by atoms with E-state index in [1.807, 2.05) is 32.0 Å². The first-order chi connectivity index (χ1) is 13.5.